The maximum atomic E-state index is 12.1. The normalized spacial score (nSPS) is 27.6. The Kier molecular flexibility index (Phi) is 5.67. The summed E-state index contributed by atoms with van der Waals surface area (Å²) in [5, 5.41) is 0. The number of nitrogens with zero attached hydrogens (tertiary/aromatic N) is 2. The number of carbonyl (C=O) groups excluding carboxylic acids is 1. The molecule has 0 aromatic heterocycles. The lowest BCUT2D eigenvalue weighted by molar-refractivity contribution is -0.161. The van der Waals surface area contributed by atoms with E-state index >= 15 is 0 Å². The smallest absolute Gasteiger partial charge is 0.309 e. The Hall–Kier alpha value is -1.30. The molecule has 6 nitrogen and oxygen atoms in total. The van der Waals surface area contributed by atoms with Crippen molar-refractivity contribution in [2.45, 2.75) is 58.1 Å². The predicted molar refractivity (Wildman–Crippen MR) is 85.6 cm³/mol. The third kappa shape index (κ3) is 5.16. The Labute approximate surface area is 133 Å². The van der Waals surface area contributed by atoms with Crippen molar-refractivity contribution >= 4 is 11.9 Å². The first-order chi connectivity index (χ1) is 10.3. The van der Waals surface area contributed by atoms with Gasteiger partial charge in [0.25, 0.3) is 0 Å². The van der Waals surface area contributed by atoms with Gasteiger partial charge < -0.3 is 20.1 Å². The van der Waals surface area contributed by atoms with Crippen molar-refractivity contribution in [3.63, 3.8) is 0 Å². The summed E-state index contributed by atoms with van der Waals surface area (Å²) in [5.74, 6) is 0.551. The molecule has 0 unspecified atom stereocenters. The number of morpholine rings is 1. The van der Waals surface area contributed by atoms with Crippen molar-refractivity contribution in [1.82, 2.24) is 4.90 Å². The Morgan fingerprint density at radius 1 is 1.18 bits per heavy atom. The summed E-state index contributed by atoms with van der Waals surface area (Å²) in [6, 6.07) is 0.224. The second kappa shape index (κ2) is 7.31. The molecule has 0 aromatic rings. The van der Waals surface area contributed by atoms with E-state index in [0.717, 1.165) is 38.8 Å². The van der Waals surface area contributed by atoms with Gasteiger partial charge in [0.15, 0.2) is 5.96 Å². The van der Waals surface area contributed by atoms with Gasteiger partial charge in [-0.2, -0.15) is 0 Å². The first-order valence-electron chi connectivity index (χ1n) is 8.24. The van der Waals surface area contributed by atoms with E-state index in [0.29, 0.717) is 19.2 Å². The highest BCUT2D eigenvalue weighted by Crippen LogP contribution is 2.28. The van der Waals surface area contributed by atoms with E-state index < -0.39 is 5.60 Å². The molecule has 0 aromatic carbocycles. The number of hydrogen-bond acceptors (Lipinski definition) is 4. The van der Waals surface area contributed by atoms with Gasteiger partial charge in [-0.15, -0.1) is 0 Å². The summed E-state index contributed by atoms with van der Waals surface area (Å²) in [6.45, 7) is 8.76. The van der Waals surface area contributed by atoms with Crippen LogP contribution in [0.3, 0.4) is 0 Å². The van der Waals surface area contributed by atoms with Gasteiger partial charge in [0.1, 0.15) is 5.60 Å². The van der Waals surface area contributed by atoms with Crippen molar-refractivity contribution in [2.24, 2.45) is 16.6 Å². The predicted octanol–water partition coefficient (Wildman–Crippen LogP) is 1.53. The molecule has 1 saturated carbocycles. The van der Waals surface area contributed by atoms with Crippen LogP contribution < -0.4 is 5.73 Å². The molecule has 1 aliphatic heterocycles. The number of esters is 1. The summed E-state index contributed by atoms with van der Waals surface area (Å²) in [5.41, 5.74) is 5.68. The van der Waals surface area contributed by atoms with Crippen LogP contribution in [-0.4, -0.2) is 54.8 Å². The van der Waals surface area contributed by atoms with Crippen LogP contribution in [0.15, 0.2) is 4.99 Å². The summed E-state index contributed by atoms with van der Waals surface area (Å²) >= 11 is 0. The number of aliphatic imine (C=N–C) groups is 1. The summed E-state index contributed by atoms with van der Waals surface area (Å²) < 4.78 is 10.8. The van der Waals surface area contributed by atoms with E-state index in [2.05, 4.69) is 9.89 Å². The Morgan fingerprint density at radius 2 is 1.77 bits per heavy atom. The minimum absolute atomic E-state index is 0.00952. The number of ether oxygens (including phenoxy) is 2. The minimum Gasteiger partial charge on any atom is -0.460 e. The highest BCUT2D eigenvalue weighted by molar-refractivity contribution is 5.78. The second-order valence-corrected chi connectivity index (χ2v) is 7.13. The van der Waals surface area contributed by atoms with Gasteiger partial charge in [0.2, 0.25) is 0 Å². The van der Waals surface area contributed by atoms with E-state index in [1.165, 1.54) is 0 Å². The first-order valence-corrected chi connectivity index (χ1v) is 8.24. The zero-order valence-electron chi connectivity index (χ0n) is 14.0. The molecule has 2 fully saturated rings. The number of hydrogen-bond donors (Lipinski definition) is 1. The SMILES string of the molecule is CC(C)(C)OC(=O)C1CCC(N=C(N)N2CCOCC2)CC1. The van der Waals surface area contributed by atoms with Gasteiger partial charge in [-0.25, -0.2) is 4.99 Å². The summed E-state index contributed by atoms with van der Waals surface area (Å²) in [4.78, 5) is 18.8. The number of guanidine groups is 1. The molecule has 1 aliphatic carbocycles. The number of rotatable bonds is 2. The molecule has 0 atom stereocenters. The molecule has 22 heavy (non-hydrogen) atoms. The quantitative estimate of drug-likeness (QED) is 0.475. The first kappa shape index (κ1) is 17.1. The monoisotopic (exact) mass is 311 g/mol. The molecule has 6 heteroatoms. The van der Waals surface area contributed by atoms with E-state index in [1.807, 2.05) is 20.8 Å². The van der Waals surface area contributed by atoms with Crippen LogP contribution in [0.4, 0.5) is 0 Å². The highest BCUT2D eigenvalue weighted by Gasteiger charge is 2.30. The molecule has 0 radical (unpaired) electrons. The topological polar surface area (TPSA) is 77.1 Å². The van der Waals surface area contributed by atoms with Gasteiger partial charge in [-0.1, -0.05) is 0 Å². The zero-order chi connectivity index (χ0) is 16.2. The van der Waals surface area contributed by atoms with Crippen molar-refractivity contribution in [3.05, 3.63) is 0 Å². The lowest BCUT2D eigenvalue weighted by Gasteiger charge is -2.31. The van der Waals surface area contributed by atoms with Crippen molar-refractivity contribution in [3.8, 4) is 0 Å². The van der Waals surface area contributed by atoms with E-state index in [-0.39, 0.29) is 17.9 Å². The van der Waals surface area contributed by atoms with Gasteiger partial charge in [-0.3, -0.25) is 4.79 Å². The molecule has 0 amide bonds. The van der Waals surface area contributed by atoms with Crippen LogP contribution >= 0.6 is 0 Å². The van der Waals surface area contributed by atoms with Crippen molar-refractivity contribution in [2.75, 3.05) is 26.3 Å². The van der Waals surface area contributed by atoms with Gasteiger partial charge in [0.05, 0.1) is 25.2 Å². The molecule has 0 bridgehead atoms. The number of carbonyl (C=O) groups is 1. The van der Waals surface area contributed by atoms with E-state index in [4.69, 9.17) is 15.2 Å². The van der Waals surface area contributed by atoms with Gasteiger partial charge in [-0.05, 0) is 46.5 Å². The molecule has 2 rings (SSSR count). The molecule has 2 N–H and O–H groups in total. The summed E-state index contributed by atoms with van der Waals surface area (Å²) in [7, 11) is 0. The molecule has 126 valence electrons. The van der Waals surface area contributed by atoms with Crippen LogP contribution in [-0.2, 0) is 14.3 Å². The fourth-order valence-electron chi connectivity index (χ4n) is 2.89. The van der Waals surface area contributed by atoms with Crippen LogP contribution in [0, 0.1) is 5.92 Å². The maximum Gasteiger partial charge on any atom is 0.309 e. The fourth-order valence-corrected chi connectivity index (χ4v) is 2.89. The standard InChI is InChI=1S/C16H29N3O3/c1-16(2,3)22-14(20)12-4-6-13(7-5-12)18-15(17)19-8-10-21-11-9-19/h12-13H,4-11H2,1-3H3,(H2,17,18). The molecular weight excluding hydrogens is 282 g/mol. The molecule has 1 heterocycles. The Balaban J connectivity index is 1.80. The third-order valence-corrected chi connectivity index (χ3v) is 4.09. The third-order valence-electron chi connectivity index (χ3n) is 4.09. The lowest BCUT2D eigenvalue weighted by Crippen LogP contribution is -2.45. The molecule has 2 aliphatic rings. The molecule has 1 saturated heterocycles. The van der Waals surface area contributed by atoms with Gasteiger partial charge in [0, 0.05) is 13.1 Å². The number of nitrogens with two attached hydrogens (primary N) is 1. The average Bonchev–Trinajstić information content (AvgIpc) is 2.47. The second-order valence-electron chi connectivity index (χ2n) is 7.13. The minimum atomic E-state index is -0.410. The Bertz CT molecular complexity index is 403. The van der Waals surface area contributed by atoms with Crippen LogP contribution in [0.2, 0.25) is 0 Å². The zero-order valence-corrected chi connectivity index (χ0v) is 14.0. The van der Waals surface area contributed by atoms with Crippen LogP contribution in [0.25, 0.3) is 0 Å². The highest BCUT2D eigenvalue weighted by atomic mass is 16.6. The molecular formula is C16H29N3O3. The maximum absolute atomic E-state index is 12.1. The summed E-state index contributed by atoms with van der Waals surface area (Å²) in [6.07, 6.45) is 3.46. The lowest BCUT2D eigenvalue weighted by atomic mass is 9.86. The van der Waals surface area contributed by atoms with Crippen molar-refractivity contribution < 1.29 is 14.3 Å². The largest absolute Gasteiger partial charge is 0.460 e. The van der Waals surface area contributed by atoms with Crippen LogP contribution in [0.1, 0.15) is 46.5 Å². The Morgan fingerprint density at radius 3 is 2.32 bits per heavy atom. The van der Waals surface area contributed by atoms with Crippen LogP contribution in [0.5, 0.6) is 0 Å². The average molecular weight is 311 g/mol. The molecule has 0 spiro atoms. The van der Waals surface area contributed by atoms with Crippen molar-refractivity contribution in [1.29, 1.82) is 0 Å². The van der Waals surface area contributed by atoms with Gasteiger partial charge >= 0.3 is 5.97 Å². The van der Waals surface area contributed by atoms with E-state index in [9.17, 15) is 4.79 Å². The fraction of sp³-hybridized carbons (Fsp3) is 0.875. The van der Waals surface area contributed by atoms with E-state index in [1.54, 1.807) is 0 Å².